The molecular weight excluding hydrogens is 168 g/mol. The Hall–Kier alpha value is -1.91. The van der Waals surface area contributed by atoms with E-state index in [1.54, 1.807) is 23.9 Å². The summed E-state index contributed by atoms with van der Waals surface area (Å²) in [6.45, 7) is 0. The average Bonchev–Trinajstić information content (AvgIpc) is 2.45. The Kier molecular flexibility index (Phi) is 1.51. The number of carbonyl (C=O) groups excluding carboxylic acids is 1. The van der Waals surface area contributed by atoms with Gasteiger partial charge in [0.25, 0.3) is 5.91 Å². The molecule has 2 rings (SSSR count). The van der Waals surface area contributed by atoms with E-state index < -0.39 is 5.91 Å². The lowest BCUT2D eigenvalue weighted by atomic mass is 10.4. The molecule has 66 valence electrons. The van der Waals surface area contributed by atoms with Crippen molar-refractivity contribution in [1.82, 2.24) is 14.5 Å². The Labute approximate surface area is 74.2 Å². The summed E-state index contributed by atoms with van der Waals surface area (Å²) in [5, 5.41) is 0. The van der Waals surface area contributed by atoms with E-state index in [0.29, 0.717) is 5.65 Å². The Balaban J connectivity index is 2.81. The number of primary amides is 1. The standard InChI is InChI=1S/C8H8N4O/c1-12-5-3-2-4-10-7(5)11-8(12)6(9)13/h2-4H,1H3,(H2,9,13). The van der Waals surface area contributed by atoms with E-state index in [1.165, 1.54) is 0 Å². The van der Waals surface area contributed by atoms with Crippen LogP contribution in [0.5, 0.6) is 0 Å². The van der Waals surface area contributed by atoms with E-state index in [4.69, 9.17) is 5.73 Å². The minimum atomic E-state index is -0.541. The molecule has 5 nitrogen and oxygen atoms in total. The van der Waals surface area contributed by atoms with Gasteiger partial charge >= 0.3 is 0 Å². The third-order valence-electron chi connectivity index (χ3n) is 1.88. The number of fused-ring (bicyclic) bond motifs is 1. The molecule has 0 saturated heterocycles. The first-order chi connectivity index (χ1) is 6.20. The monoisotopic (exact) mass is 176 g/mol. The van der Waals surface area contributed by atoms with E-state index in [2.05, 4.69) is 9.97 Å². The van der Waals surface area contributed by atoms with E-state index in [9.17, 15) is 4.79 Å². The second-order valence-corrected chi connectivity index (χ2v) is 2.70. The predicted molar refractivity (Wildman–Crippen MR) is 47.0 cm³/mol. The first-order valence-electron chi connectivity index (χ1n) is 3.77. The van der Waals surface area contributed by atoms with Crippen molar-refractivity contribution in [3.05, 3.63) is 24.2 Å². The summed E-state index contributed by atoms with van der Waals surface area (Å²) in [4.78, 5) is 18.9. The van der Waals surface area contributed by atoms with Gasteiger partial charge < -0.3 is 10.3 Å². The van der Waals surface area contributed by atoms with Gasteiger partial charge in [0, 0.05) is 13.2 Å². The summed E-state index contributed by atoms with van der Waals surface area (Å²) in [6, 6.07) is 3.62. The van der Waals surface area contributed by atoms with Crippen LogP contribution in [0.15, 0.2) is 18.3 Å². The van der Waals surface area contributed by atoms with Gasteiger partial charge in [-0.1, -0.05) is 0 Å². The molecule has 0 aliphatic rings. The van der Waals surface area contributed by atoms with Crippen LogP contribution >= 0.6 is 0 Å². The van der Waals surface area contributed by atoms with Crippen molar-refractivity contribution in [2.24, 2.45) is 12.8 Å². The number of hydrogen-bond donors (Lipinski definition) is 1. The maximum absolute atomic E-state index is 10.9. The van der Waals surface area contributed by atoms with Gasteiger partial charge in [0.15, 0.2) is 5.65 Å². The third kappa shape index (κ3) is 1.05. The fourth-order valence-electron chi connectivity index (χ4n) is 1.25. The topological polar surface area (TPSA) is 73.8 Å². The van der Waals surface area contributed by atoms with Crippen LogP contribution in [0.1, 0.15) is 10.6 Å². The second-order valence-electron chi connectivity index (χ2n) is 2.70. The summed E-state index contributed by atoms with van der Waals surface area (Å²) in [7, 11) is 1.73. The Morgan fingerprint density at radius 3 is 3.00 bits per heavy atom. The highest BCUT2D eigenvalue weighted by molar-refractivity contribution is 5.92. The molecule has 0 fully saturated rings. The Morgan fingerprint density at radius 2 is 2.38 bits per heavy atom. The van der Waals surface area contributed by atoms with Gasteiger partial charge in [-0.3, -0.25) is 4.79 Å². The van der Waals surface area contributed by atoms with Gasteiger partial charge in [0.2, 0.25) is 5.82 Å². The summed E-state index contributed by atoms with van der Waals surface area (Å²) >= 11 is 0. The molecule has 2 heterocycles. The molecule has 0 aromatic carbocycles. The van der Waals surface area contributed by atoms with Crippen molar-refractivity contribution in [3.8, 4) is 0 Å². The molecule has 5 heteroatoms. The molecule has 0 atom stereocenters. The minimum Gasteiger partial charge on any atom is -0.363 e. The predicted octanol–water partition coefficient (Wildman–Crippen LogP) is 0.0672. The summed E-state index contributed by atoms with van der Waals surface area (Å²) in [5.41, 5.74) is 6.47. The fraction of sp³-hybridized carbons (Fsp3) is 0.125. The highest BCUT2D eigenvalue weighted by Gasteiger charge is 2.11. The normalized spacial score (nSPS) is 10.5. The van der Waals surface area contributed by atoms with Crippen LogP contribution in [0, 0.1) is 0 Å². The maximum Gasteiger partial charge on any atom is 0.284 e. The van der Waals surface area contributed by atoms with E-state index in [0.717, 1.165) is 5.52 Å². The number of amides is 1. The van der Waals surface area contributed by atoms with E-state index >= 15 is 0 Å². The first kappa shape index (κ1) is 7.72. The van der Waals surface area contributed by atoms with Crippen LogP contribution in [0.2, 0.25) is 0 Å². The zero-order valence-corrected chi connectivity index (χ0v) is 7.06. The molecule has 2 aromatic heterocycles. The molecule has 0 spiro atoms. The molecule has 1 amide bonds. The van der Waals surface area contributed by atoms with Gasteiger partial charge in [-0.2, -0.15) is 0 Å². The summed E-state index contributed by atoms with van der Waals surface area (Å²) in [6.07, 6.45) is 1.63. The van der Waals surface area contributed by atoms with Crippen LogP contribution in [0.25, 0.3) is 11.2 Å². The Morgan fingerprint density at radius 1 is 1.62 bits per heavy atom. The molecule has 0 bridgehead atoms. The van der Waals surface area contributed by atoms with Crippen LogP contribution < -0.4 is 5.73 Å². The van der Waals surface area contributed by atoms with Crippen molar-refractivity contribution in [3.63, 3.8) is 0 Å². The lowest BCUT2D eigenvalue weighted by molar-refractivity contribution is 0.0988. The van der Waals surface area contributed by atoms with Crippen molar-refractivity contribution < 1.29 is 4.79 Å². The maximum atomic E-state index is 10.9. The molecule has 0 saturated carbocycles. The molecule has 0 radical (unpaired) electrons. The number of nitrogens with two attached hydrogens (primary N) is 1. The molecule has 0 unspecified atom stereocenters. The van der Waals surface area contributed by atoms with Gasteiger partial charge in [-0.05, 0) is 12.1 Å². The number of pyridine rings is 1. The highest BCUT2D eigenvalue weighted by atomic mass is 16.1. The smallest absolute Gasteiger partial charge is 0.284 e. The Bertz CT molecular complexity index is 474. The molecule has 13 heavy (non-hydrogen) atoms. The molecule has 2 N–H and O–H groups in total. The third-order valence-corrected chi connectivity index (χ3v) is 1.88. The number of hydrogen-bond acceptors (Lipinski definition) is 3. The number of aryl methyl sites for hydroxylation is 1. The average molecular weight is 176 g/mol. The first-order valence-corrected chi connectivity index (χ1v) is 3.77. The van der Waals surface area contributed by atoms with Crippen molar-refractivity contribution >= 4 is 17.1 Å². The molecule has 0 aliphatic heterocycles. The number of rotatable bonds is 1. The van der Waals surface area contributed by atoms with Crippen molar-refractivity contribution in [2.75, 3.05) is 0 Å². The zero-order chi connectivity index (χ0) is 9.42. The van der Waals surface area contributed by atoms with Gasteiger partial charge in [0.1, 0.15) is 0 Å². The largest absolute Gasteiger partial charge is 0.363 e. The molecule has 2 aromatic rings. The van der Waals surface area contributed by atoms with Gasteiger partial charge in [-0.15, -0.1) is 0 Å². The van der Waals surface area contributed by atoms with Crippen molar-refractivity contribution in [2.45, 2.75) is 0 Å². The second kappa shape index (κ2) is 2.55. The van der Waals surface area contributed by atoms with E-state index in [-0.39, 0.29) is 5.82 Å². The van der Waals surface area contributed by atoms with Gasteiger partial charge in [0.05, 0.1) is 5.52 Å². The number of nitrogens with zero attached hydrogens (tertiary/aromatic N) is 3. The highest BCUT2D eigenvalue weighted by Crippen LogP contribution is 2.10. The quantitative estimate of drug-likeness (QED) is 0.668. The van der Waals surface area contributed by atoms with Gasteiger partial charge in [-0.25, -0.2) is 9.97 Å². The minimum absolute atomic E-state index is 0.230. The van der Waals surface area contributed by atoms with Crippen LogP contribution in [-0.4, -0.2) is 20.4 Å². The summed E-state index contributed by atoms with van der Waals surface area (Å²) < 4.78 is 1.63. The lowest BCUT2D eigenvalue weighted by Gasteiger charge is -1.95. The van der Waals surface area contributed by atoms with Crippen LogP contribution in [0.4, 0.5) is 0 Å². The number of aromatic nitrogens is 3. The van der Waals surface area contributed by atoms with E-state index in [1.807, 2.05) is 6.07 Å². The zero-order valence-electron chi connectivity index (χ0n) is 7.06. The number of imidazole rings is 1. The molecule has 0 aliphatic carbocycles. The summed E-state index contributed by atoms with van der Waals surface area (Å²) in [5.74, 6) is -0.311. The SMILES string of the molecule is Cn1c(C(N)=O)nc2ncccc21. The number of carbonyl (C=O) groups is 1. The molecular formula is C8H8N4O. The van der Waals surface area contributed by atoms with Crippen molar-refractivity contribution in [1.29, 1.82) is 0 Å². The van der Waals surface area contributed by atoms with Crippen LogP contribution in [0.3, 0.4) is 0 Å². The van der Waals surface area contributed by atoms with Crippen LogP contribution in [-0.2, 0) is 7.05 Å². The lowest BCUT2D eigenvalue weighted by Crippen LogP contribution is -2.16. The fourth-order valence-corrected chi connectivity index (χ4v) is 1.25.